The summed E-state index contributed by atoms with van der Waals surface area (Å²) in [6.45, 7) is 4.88. The lowest BCUT2D eigenvalue weighted by molar-refractivity contribution is 0.289. The highest BCUT2D eigenvalue weighted by atomic mass is 16.5. The first-order valence-corrected chi connectivity index (χ1v) is 7.49. The van der Waals surface area contributed by atoms with E-state index < -0.39 is 0 Å². The molecular weight excluding hydrogens is 238 g/mol. The molecule has 0 spiro atoms. The van der Waals surface area contributed by atoms with E-state index in [1.54, 1.807) is 0 Å². The first kappa shape index (κ1) is 12.8. The van der Waals surface area contributed by atoms with Crippen molar-refractivity contribution < 1.29 is 9.47 Å². The second kappa shape index (κ2) is 5.83. The molecule has 3 rings (SSSR count). The van der Waals surface area contributed by atoms with Crippen LogP contribution in [-0.4, -0.2) is 25.8 Å². The molecule has 0 radical (unpaired) electrons. The van der Waals surface area contributed by atoms with Crippen molar-refractivity contribution in [1.29, 1.82) is 0 Å². The summed E-state index contributed by atoms with van der Waals surface area (Å²) in [5.74, 6) is 2.52. The molecular formula is C16H23NO2. The molecule has 3 heteroatoms. The Bertz CT molecular complexity index is 427. The minimum absolute atomic E-state index is 0.687. The maximum Gasteiger partial charge on any atom is 0.161 e. The van der Waals surface area contributed by atoms with Crippen LogP contribution in [-0.2, 0) is 0 Å². The van der Waals surface area contributed by atoms with Gasteiger partial charge in [0.05, 0.1) is 13.2 Å². The fourth-order valence-electron chi connectivity index (χ4n) is 2.84. The number of nitrogens with one attached hydrogen (secondary N) is 1. The van der Waals surface area contributed by atoms with Crippen molar-refractivity contribution in [2.24, 2.45) is 0 Å². The fourth-order valence-corrected chi connectivity index (χ4v) is 2.84. The van der Waals surface area contributed by atoms with Gasteiger partial charge in [-0.05, 0) is 49.4 Å². The predicted molar refractivity (Wildman–Crippen MR) is 76.1 cm³/mol. The molecule has 1 fully saturated rings. The molecule has 0 aromatic heterocycles. The zero-order valence-electron chi connectivity index (χ0n) is 11.7. The highest BCUT2D eigenvalue weighted by Crippen LogP contribution is 2.40. The van der Waals surface area contributed by atoms with Crippen LogP contribution in [0.3, 0.4) is 0 Å². The van der Waals surface area contributed by atoms with Crippen LogP contribution in [0, 0.1) is 0 Å². The largest absolute Gasteiger partial charge is 0.490 e. The molecule has 1 aromatic rings. The maximum absolute atomic E-state index is 5.76. The van der Waals surface area contributed by atoms with Crippen LogP contribution in [0.15, 0.2) is 18.2 Å². The average Bonchev–Trinajstić information content (AvgIpc) is 2.61. The molecule has 0 bridgehead atoms. The standard InChI is InChI=1S/C16H23NO2/c1-2-6-17-14-9-13(10-14)12-4-5-15-16(11-12)19-8-3-7-18-15/h4-5,11,13-14,17H,2-3,6-10H2,1H3. The maximum atomic E-state index is 5.76. The van der Waals surface area contributed by atoms with E-state index in [0.717, 1.165) is 37.7 Å². The summed E-state index contributed by atoms with van der Waals surface area (Å²) in [6.07, 6.45) is 4.68. The van der Waals surface area contributed by atoms with Gasteiger partial charge in [-0.25, -0.2) is 0 Å². The molecule has 0 atom stereocenters. The number of benzene rings is 1. The quantitative estimate of drug-likeness (QED) is 0.903. The Balaban J connectivity index is 1.62. The highest BCUT2D eigenvalue weighted by Gasteiger charge is 2.30. The van der Waals surface area contributed by atoms with Gasteiger partial charge in [0.15, 0.2) is 11.5 Å². The number of hydrogen-bond donors (Lipinski definition) is 1. The molecule has 1 saturated carbocycles. The Morgan fingerprint density at radius 1 is 1.16 bits per heavy atom. The summed E-state index contributed by atoms with van der Waals surface area (Å²) in [5.41, 5.74) is 1.40. The average molecular weight is 261 g/mol. The Kier molecular flexibility index (Phi) is 3.92. The lowest BCUT2D eigenvalue weighted by Crippen LogP contribution is -2.40. The Hall–Kier alpha value is -1.22. The summed E-state index contributed by atoms with van der Waals surface area (Å²) < 4.78 is 11.4. The molecule has 1 aromatic carbocycles. The SMILES string of the molecule is CCCNC1CC(c2ccc3c(c2)OCCCO3)C1. The molecule has 0 unspecified atom stereocenters. The molecule has 3 nitrogen and oxygen atoms in total. The molecule has 1 aliphatic carbocycles. The van der Waals surface area contributed by atoms with E-state index in [0.29, 0.717) is 12.0 Å². The van der Waals surface area contributed by atoms with Crippen LogP contribution in [0.25, 0.3) is 0 Å². The van der Waals surface area contributed by atoms with E-state index in [9.17, 15) is 0 Å². The second-order valence-electron chi connectivity index (χ2n) is 5.58. The lowest BCUT2D eigenvalue weighted by atomic mass is 9.76. The van der Waals surface area contributed by atoms with Gasteiger partial charge in [-0.2, -0.15) is 0 Å². The molecule has 0 amide bonds. The number of ether oxygens (including phenoxy) is 2. The molecule has 104 valence electrons. The number of hydrogen-bond acceptors (Lipinski definition) is 3. The van der Waals surface area contributed by atoms with Crippen molar-refractivity contribution in [1.82, 2.24) is 5.32 Å². The van der Waals surface area contributed by atoms with Crippen LogP contribution >= 0.6 is 0 Å². The van der Waals surface area contributed by atoms with Gasteiger partial charge in [-0.15, -0.1) is 0 Å². The zero-order valence-corrected chi connectivity index (χ0v) is 11.7. The van der Waals surface area contributed by atoms with E-state index in [1.165, 1.54) is 24.8 Å². The summed E-state index contributed by atoms with van der Waals surface area (Å²) in [7, 11) is 0. The Morgan fingerprint density at radius 2 is 1.95 bits per heavy atom. The molecule has 1 heterocycles. The third kappa shape index (κ3) is 2.86. The highest BCUT2D eigenvalue weighted by molar-refractivity contribution is 5.45. The van der Waals surface area contributed by atoms with Gasteiger partial charge >= 0.3 is 0 Å². The van der Waals surface area contributed by atoms with Gasteiger partial charge in [-0.1, -0.05) is 13.0 Å². The van der Waals surface area contributed by atoms with Gasteiger partial charge in [0.25, 0.3) is 0 Å². The lowest BCUT2D eigenvalue weighted by Gasteiger charge is -2.36. The first-order chi connectivity index (χ1) is 9.36. The van der Waals surface area contributed by atoms with Gasteiger partial charge in [0, 0.05) is 12.5 Å². The molecule has 1 N–H and O–H groups in total. The normalized spacial score (nSPS) is 25.5. The van der Waals surface area contributed by atoms with Gasteiger partial charge in [-0.3, -0.25) is 0 Å². The predicted octanol–water partition coefficient (Wildman–Crippen LogP) is 3.09. The Labute approximate surface area is 115 Å². The second-order valence-corrected chi connectivity index (χ2v) is 5.58. The van der Waals surface area contributed by atoms with E-state index in [4.69, 9.17) is 9.47 Å². The van der Waals surface area contributed by atoms with Crippen molar-refractivity contribution in [2.45, 2.75) is 44.6 Å². The van der Waals surface area contributed by atoms with Crippen LogP contribution in [0.4, 0.5) is 0 Å². The number of fused-ring (bicyclic) bond motifs is 1. The van der Waals surface area contributed by atoms with Crippen LogP contribution in [0.5, 0.6) is 11.5 Å². The third-order valence-corrected chi connectivity index (χ3v) is 4.06. The summed E-state index contributed by atoms with van der Waals surface area (Å²) >= 11 is 0. The topological polar surface area (TPSA) is 30.5 Å². The summed E-state index contributed by atoms with van der Waals surface area (Å²) in [6, 6.07) is 7.17. The smallest absolute Gasteiger partial charge is 0.161 e. The molecule has 2 aliphatic rings. The Morgan fingerprint density at radius 3 is 2.74 bits per heavy atom. The first-order valence-electron chi connectivity index (χ1n) is 7.49. The van der Waals surface area contributed by atoms with Crippen LogP contribution in [0.1, 0.15) is 44.1 Å². The summed E-state index contributed by atoms with van der Waals surface area (Å²) in [5, 5.41) is 3.58. The fraction of sp³-hybridized carbons (Fsp3) is 0.625. The monoisotopic (exact) mass is 261 g/mol. The van der Waals surface area contributed by atoms with Crippen molar-refractivity contribution in [2.75, 3.05) is 19.8 Å². The zero-order chi connectivity index (χ0) is 13.1. The van der Waals surface area contributed by atoms with Gasteiger partial charge in [0.2, 0.25) is 0 Å². The third-order valence-electron chi connectivity index (χ3n) is 4.06. The van der Waals surface area contributed by atoms with Crippen molar-refractivity contribution in [3.8, 4) is 11.5 Å². The minimum atomic E-state index is 0.687. The van der Waals surface area contributed by atoms with E-state index in [1.807, 2.05) is 0 Å². The van der Waals surface area contributed by atoms with Crippen molar-refractivity contribution in [3.63, 3.8) is 0 Å². The number of rotatable bonds is 4. The van der Waals surface area contributed by atoms with Gasteiger partial charge < -0.3 is 14.8 Å². The van der Waals surface area contributed by atoms with Gasteiger partial charge in [0.1, 0.15) is 0 Å². The van der Waals surface area contributed by atoms with Crippen molar-refractivity contribution in [3.05, 3.63) is 23.8 Å². The molecule has 1 aliphatic heterocycles. The minimum Gasteiger partial charge on any atom is -0.490 e. The molecule has 19 heavy (non-hydrogen) atoms. The van der Waals surface area contributed by atoms with Crippen LogP contribution in [0.2, 0.25) is 0 Å². The van der Waals surface area contributed by atoms with E-state index in [-0.39, 0.29) is 0 Å². The summed E-state index contributed by atoms with van der Waals surface area (Å²) in [4.78, 5) is 0. The molecule has 0 saturated heterocycles. The van der Waals surface area contributed by atoms with E-state index >= 15 is 0 Å². The van der Waals surface area contributed by atoms with E-state index in [2.05, 4.69) is 30.4 Å². The van der Waals surface area contributed by atoms with Crippen LogP contribution < -0.4 is 14.8 Å². The van der Waals surface area contributed by atoms with Crippen molar-refractivity contribution >= 4 is 0 Å².